The van der Waals surface area contributed by atoms with Crippen molar-refractivity contribution in [2.24, 2.45) is 0 Å². The second-order valence-corrected chi connectivity index (χ2v) is 5.30. The van der Waals surface area contributed by atoms with Crippen LogP contribution in [0.15, 0.2) is 30.3 Å². The van der Waals surface area contributed by atoms with E-state index in [1.165, 1.54) is 0 Å². The smallest absolute Gasteiger partial charge is 0.272 e. The van der Waals surface area contributed by atoms with E-state index in [-0.39, 0.29) is 10.7 Å². The lowest BCUT2D eigenvalue weighted by Gasteiger charge is -2.08. The van der Waals surface area contributed by atoms with Crippen LogP contribution in [0.4, 0.5) is 4.39 Å². The molecular formula is C10H11FN2O3S. The Morgan fingerprint density at radius 1 is 1.29 bits per heavy atom. The van der Waals surface area contributed by atoms with Gasteiger partial charge in [-0.05, 0) is 12.0 Å². The van der Waals surface area contributed by atoms with Crippen LogP contribution in [-0.4, -0.2) is 31.5 Å². The molecule has 1 aromatic rings. The second kappa shape index (κ2) is 4.42. The van der Waals surface area contributed by atoms with Gasteiger partial charge in [-0.15, -0.1) is 0 Å². The van der Waals surface area contributed by atoms with E-state index in [1.807, 2.05) is 6.07 Å². The minimum Gasteiger partial charge on any atom is -0.272 e. The summed E-state index contributed by atoms with van der Waals surface area (Å²) in [6.07, 6.45) is 0.218. The molecule has 7 heteroatoms. The average molecular weight is 258 g/mol. The molecule has 0 aromatic heterocycles. The van der Waals surface area contributed by atoms with Crippen LogP contribution in [0.5, 0.6) is 0 Å². The molecule has 1 saturated heterocycles. The van der Waals surface area contributed by atoms with E-state index in [0.717, 1.165) is 5.56 Å². The van der Waals surface area contributed by atoms with Crippen molar-refractivity contribution in [3.63, 3.8) is 0 Å². The summed E-state index contributed by atoms with van der Waals surface area (Å²) in [4.78, 5) is 11.6. The molecule has 17 heavy (non-hydrogen) atoms. The van der Waals surface area contributed by atoms with Crippen LogP contribution in [0.1, 0.15) is 5.56 Å². The Morgan fingerprint density at radius 3 is 2.47 bits per heavy atom. The standard InChI is InChI=1S/C10H11FN2O3S/c11-7-13-10(14)9(12-17(13,15)16)6-8-4-2-1-3-5-8/h1-5,9,12H,6-7H2/t9-/m0/s1. The van der Waals surface area contributed by atoms with Gasteiger partial charge in [0.2, 0.25) is 0 Å². The number of amides is 1. The lowest BCUT2D eigenvalue weighted by molar-refractivity contribution is -0.127. The first kappa shape index (κ1) is 12.0. The van der Waals surface area contributed by atoms with Gasteiger partial charge in [-0.2, -0.15) is 17.4 Å². The summed E-state index contributed by atoms with van der Waals surface area (Å²) in [6, 6.07) is 8.03. The molecule has 5 nitrogen and oxygen atoms in total. The Bertz CT molecular complexity index is 518. The summed E-state index contributed by atoms with van der Waals surface area (Å²) < 4.78 is 37.5. The number of benzene rings is 1. The van der Waals surface area contributed by atoms with Gasteiger partial charge in [0.25, 0.3) is 5.91 Å². The fourth-order valence-corrected chi connectivity index (χ4v) is 2.85. The molecule has 1 aliphatic rings. The highest BCUT2D eigenvalue weighted by Crippen LogP contribution is 2.15. The van der Waals surface area contributed by atoms with Crippen LogP contribution in [0, 0.1) is 0 Å². The topological polar surface area (TPSA) is 66.5 Å². The van der Waals surface area contributed by atoms with E-state index in [1.54, 1.807) is 24.3 Å². The van der Waals surface area contributed by atoms with Crippen molar-refractivity contribution in [1.82, 2.24) is 9.03 Å². The molecule has 1 heterocycles. The zero-order valence-electron chi connectivity index (χ0n) is 8.84. The molecule has 0 bridgehead atoms. The number of hydrogen-bond acceptors (Lipinski definition) is 3. The summed E-state index contributed by atoms with van der Waals surface area (Å²) >= 11 is 0. The average Bonchev–Trinajstić information content (AvgIpc) is 2.50. The summed E-state index contributed by atoms with van der Waals surface area (Å²) in [5, 5.41) is 0. The second-order valence-electron chi connectivity index (χ2n) is 3.67. The molecule has 1 aromatic carbocycles. The monoisotopic (exact) mass is 258 g/mol. The molecule has 1 aliphatic heterocycles. The lowest BCUT2D eigenvalue weighted by atomic mass is 10.1. The van der Waals surface area contributed by atoms with Crippen LogP contribution >= 0.6 is 0 Å². The first-order valence-electron chi connectivity index (χ1n) is 4.98. The van der Waals surface area contributed by atoms with Crippen LogP contribution < -0.4 is 4.72 Å². The molecule has 0 spiro atoms. The molecule has 0 saturated carbocycles. The minimum atomic E-state index is -4.00. The van der Waals surface area contributed by atoms with E-state index in [4.69, 9.17) is 0 Å². The third kappa shape index (κ3) is 2.29. The summed E-state index contributed by atoms with van der Waals surface area (Å²) in [7, 11) is -4.00. The molecule has 1 atom stereocenters. The van der Waals surface area contributed by atoms with Gasteiger partial charge in [-0.25, -0.2) is 4.39 Å². The van der Waals surface area contributed by atoms with Crippen LogP contribution in [0.2, 0.25) is 0 Å². The van der Waals surface area contributed by atoms with Crippen molar-refractivity contribution in [3.05, 3.63) is 35.9 Å². The summed E-state index contributed by atoms with van der Waals surface area (Å²) in [6.45, 7) is -1.33. The van der Waals surface area contributed by atoms with Gasteiger partial charge in [0.15, 0.2) is 6.80 Å². The van der Waals surface area contributed by atoms with Crippen LogP contribution in [-0.2, 0) is 21.4 Å². The van der Waals surface area contributed by atoms with Crippen molar-refractivity contribution < 1.29 is 17.6 Å². The number of rotatable bonds is 3. The molecular weight excluding hydrogens is 247 g/mol. The van der Waals surface area contributed by atoms with Gasteiger partial charge in [-0.3, -0.25) is 4.79 Å². The molecule has 2 rings (SSSR count). The maximum atomic E-state index is 12.4. The molecule has 0 radical (unpaired) electrons. The van der Waals surface area contributed by atoms with E-state index >= 15 is 0 Å². The third-order valence-electron chi connectivity index (χ3n) is 2.52. The first-order valence-corrected chi connectivity index (χ1v) is 6.42. The summed E-state index contributed by atoms with van der Waals surface area (Å²) in [5.41, 5.74) is 0.814. The van der Waals surface area contributed by atoms with E-state index in [9.17, 15) is 17.6 Å². The maximum Gasteiger partial charge on any atom is 0.306 e. The maximum absolute atomic E-state index is 12.4. The fraction of sp³-hybridized carbons (Fsp3) is 0.300. The SMILES string of the molecule is O=C1[C@H](Cc2ccccc2)NS(=O)(=O)N1CF. The first-order chi connectivity index (χ1) is 8.04. The molecule has 0 aliphatic carbocycles. The van der Waals surface area contributed by atoms with Gasteiger partial charge in [-0.1, -0.05) is 30.3 Å². The molecule has 1 N–H and O–H groups in total. The van der Waals surface area contributed by atoms with E-state index < -0.39 is 29.0 Å². The highest BCUT2D eigenvalue weighted by molar-refractivity contribution is 7.88. The van der Waals surface area contributed by atoms with Crippen molar-refractivity contribution in [2.75, 3.05) is 6.80 Å². The summed E-state index contributed by atoms with van der Waals surface area (Å²) in [5.74, 6) is -0.753. The number of carbonyl (C=O) groups is 1. The quantitative estimate of drug-likeness (QED) is 0.788. The number of alkyl halides is 1. The largest absolute Gasteiger partial charge is 0.306 e. The predicted octanol–water partition coefficient (Wildman–Crippen LogP) is 0.201. The third-order valence-corrected chi connectivity index (χ3v) is 3.96. The Hall–Kier alpha value is -1.47. The normalized spacial score (nSPS) is 23.0. The van der Waals surface area contributed by atoms with Gasteiger partial charge in [0.05, 0.1) is 0 Å². The number of halogens is 1. The minimum absolute atomic E-state index is 0.209. The Balaban J connectivity index is 2.18. The van der Waals surface area contributed by atoms with Crippen molar-refractivity contribution >= 4 is 16.1 Å². The number of hydrogen-bond donors (Lipinski definition) is 1. The number of nitrogens with one attached hydrogen (secondary N) is 1. The van der Waals surface area contributed by atoms with Gasteiger partial charge < -0.3 is 0 Å². The fourth-order valence-electron chi connectivity index (χ4n) is 1.69. The van der Waals surface area contributed by atoms with Crippen molar-refractivity contribution in [2.45, 2.75) is 12.5 Å². The van der Waals surface area contributed by atoms with Gasteiger partial charge >= 0.3 is 10.2 Å². The molecule has 0 unspecified atom stereocenters. The Kier molecular flexibility index (Phi) is 3.12. The van der Waals surface area contributed by atoms with E-state index in [0.29, 0.717) is 0 Å². The van der Waals surface area contributed by atoms with Gasteiger partial charge in [0, 0.05) is 0 Å². The van der Waals surface area contributed by atoms with Crippen LogP contribution in [0.25, 0.3) is 0 Å². The van der Waals surface area contributed by atoms with Crippen LogP contribution in [0.3, 0.4) is 0 Å². The molecule has 92 valence electrons. The number of nitrogens with zero attached hydrogens (tertiary/aromatic N) is 1. The Morgan fingerprint density at radius 2 is 1.94 bits per heavy atom. The van der Waals surface area contributed by atoms with E-state index in [2.05, 4.69) is 4.72 Å². The zero-order valence-corrected chi connectivity index (χ0v) is 9.65. The Labute approximate surface area is 98.4 Å². The van der Waals surface area contributed by atoms with Gasteiger partial charge in [0.1, 0.15) is 6.04 Å². The van der Waals surface area contributed by atoms with Crippen molar-refractivity contribution in [3.8, 4) is 0 Å². The highest BCUT2D eigenvalue weighted by atomic mass is 32.2. The zero-order chi connectivity index (χ0) is 12.5. The lowest BCUT2D eigenvalue weighted by Crippen LogP contribution is -2.32. The predicted molar refractivity (Wildman–Crippen MR) is 58.8 cm³/mol. The molecule has 1 amide bonds. The number of carbonyl (C=O) groups excluding carboxylic acids is 1. The van der Waals surface area contributed by atoms with Crippen molar-refractivity contribution in [1.29, 1.82) is 0 Å². The molecule has 1 fully saturated rings. The highest BCUT2D eigenvalue weighted by Gasteiger charge is 2.42.